The fourth-order valence-corrected chi connectivity index (χ4v) is 2.81. The zero-order chi connectivity index (χ0) is 17.0. The Bertz CT molecular complexity index is 592. The van der Waals surface area contributed by atoms with Gasteiger partial charge in [0.2, 0.25) is 5.91 Å². The van der Waals surface area contributed by atoms with Crippen molar-refractivity contribution in [1.29, 1.82) is 0 Å². The fourth-order valence-electron chi connectivity index (χ4n) is 2.56. The van der Waals surface area contributed by atoms with Crippen LogP contribution in [0.1, 0.15) is 19.4 Å². The molecular formula is C16H20ClNO5. The molecule has 0 saturated carbocycles. The first-order valence-electron chi connectivity index (χ1n) is 7.48. The molecule has 6 nitrogen and oxygen atoms in total. The molecule has 0 aromatic heterocycles. The summed E-state index contributed by atoms with van der Waals surface area (Å²) in [6.07, 6.45) is -1.21. The maximum atomic E-state index is 12.5. The Morgan fingerprint density at radius 3 is 2.83 bits per heavy atom. The third kappa shape index (κ3) is 4.36. The molecule has 1 aromatic carbocycles. The van der Waals surface area contributed by atoms with Crippen molar-refractivity contribution >= 4 is 23.5 Å². The standard InChI is InChI=1S/C16H20ClNO5/c1-3-22-15-11(5-4-6-12(15)17)7-14(19)18-8-10(2)23-13(9-18)16(20)21/h4-6,10,13H,3,7-9H2,1-2H3,(H,20,21)/t10-,13?/m1/s1. The lowest BCUT2D eigenvalue weighted by atomic mass is 10.1. The molecule has 2 rings (SSSR count). The lowest BCUT2D eigenvalue weighted by molar-refractivity contribution is -0.166. The highest BCUT2D eigenvalue weighted by Crippen LogP contribution is 2.29. The van der Waals surface area contributed by atoms with Crippen molar-refractivity contribution in [1.82, 2.24) is 4.90 Å². The number of benzene rings is 1. The Balaban J connectivity index is 2.12. The van der Waals surface area contributed by atoms with Crippen LogP contribution < -0.4 is 4.74 Å². The van der Waals surface area contributed by atoms with E-state index in [2.05, 4.69) is 0 Å². The lowest BCUT2D eigenvalue weighted by Gasteiger charge is -2.35. The van der Waals surface area contributed by atoms with Gasteiger partial charge in [0, 0.05) is 12.1 Å². The van der Waals surface area contributed by atoms with Gasteiger partial charge in [-0.3, -0.25) is 4.79 Å². The topological polar surface area (TPSA) is 76.1 Å². The number of ether oxygens (including phenoxy) is 2. The summed E-state index contributed by atoms with van der Waals surface area (Å²) in [5.41, 5.74) is 0.690. The van der Waals surface area contributed by atoms with Gasteiger partial charge in [-0.2, -0.15) is 0 Å². The first kappa shape index (κ1) is 17.6. The molecule has 1 saturated heterocycles. The number of hydrogen-bond acceptors (Lipinski definition) is 4. The normalized spacial score (nSPS) is 21.1. The summed E-state index contributed by atoms with van der Waals surface area (Å²) in [7, 11) is 0. The van der Waals surface area contributed by atoms with Crippen LogP contribution >= 0.6 is 11.6 Å². The molecule has 0 spiro atoms. The molecule has 2 atom stereocenters. The zero-order valence-electron chi connectivity index (χ0n) is 13.1. The Morgan fingerprint density at radius 1 is 1.43 bits per heavy atom. The highest BCUT2D eigenvalue weighted by atomic mass is 35.5. The zero-order valence-corrected chi connectivity index (χ0v) is 13.9. The summed E-state index contributed by atoms with van der Waals surface area (Å²) in [5.74, 6) is -0.733. The number of para-hydroxylation sites is 1. The largest absolute Gasteiger partial charge is 0.492 e. The number of hydrogen-bond donors (Lipinski definition) is 1. The predicted octanol–water partition coefficient (Wildman–Crippen LogP) is 1.98. The Morgan fingerprint density at radius 2 is 2.17 bits per heavy atom. The molecular weight excluding hydrogens is 322 g/mol. The summed E-state index contributed by atoms with van der Waals surface area (Å²) in [6, 6.07) is 5.25. The van der Waals surface area contributed by atoms with Crippen LogP contribution in [0.5, 0.6) is 5.75 Å². The van der Waals surface area contributed by atoms with Gasteiger partial charge >= 0.3 is 5.97 Å². The van der Waals surface area contributed by atoms with Gasteiger partial charge in [0.25, 0.3) is 0 Å². The van der Waals surface area contributed by atoms with Crippen LogP contribution in [-0.2, 0) is 20.7 Å². The lowest BCUT2D eigenvalue weighted by Crippen LogP contribution is -2.52. The quantitative estimate of drug-likeness (QED) is 0.886. The Hall–Kier alpha value is -1.79. The molecule has 1 aliphatic rings. The Kier molecular flexibility index (Phi) is 5.85. The predicted molar refractivity (Wildman–Crippen MR) is 84.9 cm³/mol. The number of amides is 1. The first-order chi connectivity index (χ1) is 10.9. The highest BCUT2D eigenvalue weighted by molar-refractivity contribution is 6.32. The fraction of sp³-hybridized carbons (Fsp3) is 0.500. The number of rotatable bonds is 5. The molecule has 1 fully saturated rings. The van der Waals surface area contributed by atoms with Gasteiger partial charge in [-0.05, 0) is 19.9 Å². The SMILES string of the molecule is CCOc1c(Cl)cccc1CC(=O)N1CC(C(=O)O)O[C@H](C)C1. The van der Waals surface area contributed by atoms with E-state index in [1.165, 1.54) is 4.90 Å². The van der Waals surface area contributed by atoms with Gasteiger partial charge in [-0.25, -0.2) is 4.79 Å². The number of carbonyl (C=O) groups is 2. The summed E-state index contributed by atoms with van der Waals surface area (Å²) in [5, 5.41) is 9.55. The third-order valence-electron chi connectivity index (χ3n) is 3.57. The second-order valence-electron chi connectivity index (χ2n) is 5.41. The minimum atomic E-state index is -1.06. The molecule has 0 aliphatic carbocycles. The van der Waals surface area contributed by atoms with Crippen molar-refractivity contribution in [3.63, 3.8) is 0 Å². The molecule has 23 heavy (non-hydrogen) atoms. The van der Waals surface area contributed by atoms with E-state index in [1.807, 2.05) is 6.92 Å². The van der Waals surface area contributed by atoms with E-state index in [0.717, 1.165) is 0 Å². The van der Waals surface area contributed by atoms with Gasteiger partial charge < -0.3 is 19.5 Å². The summed E-state index contributed by atoms with van der Waals surface area (Å²) < 4.78 is 10.8. The minimum Gasteiger partial charge on any atom is -0.492 e. The molecule has 7 heteroatoms. The van der Waals surface area contributed by atoms with Crippen LogP contribution in [0.2, 0.25) is 5.02 Å². The van der Waals surface area contributed by atoms with Crippen LogP contribution in [0.15, 0.2) is 18.2 Å². The van der Waals surface area contributed by atoms with Crippen molar-refractivity contribution in [3.8, 4) is 5.75 Å². The molecule has 1 amide bonds. The second kappa shape index (κ2) is 7.66. The van der Waals surface area contributed by atoms with Gasteiger partial charge in [0.05, 0.1) is 30.7 Å². The van der Waals surface area contributed by atoms with Gasteiger partial charge in [0.1, 0.15) is 5.75 Å². The maximum absolute atomic E-state index is 12.5. The molecule has 0 radical (unpaired) electrons. The van der Waals surface area contributed by atoms with Crippen molar-refractivity contribution in [2.45, 2.75) is 32.5 Å². The van der Waals surface area contributed by atoms with E-state index in [-0.39, 0.29) is 25.0 Å². The van der Waals surface area contributed by atoms with E-state index in [1.54, 1.807) is 25.1 Å². The van der Waals surface area contributed by atoms with Crippen LogP contribution in [0.3, 0.4) is 0 Å². The van der Waals surface area contributed by atoms with Crippen LogP contribution in [0.4, 0.5) is 0 Å². The minimum absolute atomic E-state index is 0.0447. The second-order valence-corrected chi connectivity index (χ2v) is 5.82. The van der Waals surface area contributed by atoms with Crippen molar-refractivity contribution in [2.24, 2.45) is 0 Å². The average Bonchev–Trinajstić information content (AvgIpc) is 2.50. The summed E-state index contributed by atoms with van der Waals surface area (Å²) >= 11 is 6.12. The van der Waals surface area contributed by atoms with Gasteiger partial charge in [-0.1, -0.05) is 23.7 Å². The van der Waals surface area contributed by atoms with E-state index in [9.17, 15) is 9.59 Å². The summed E-state index contributed by atoms with van der Waals surface area (Å²) in [4.78, 5) is 25.2. The number of nitrogens with zero attached hydrogens (tertiary/aromatic N) is 1. The van der Waals surface area contributed by atoms with E-state index in [0.29, 0.717) is 29.5 Å². The highest BCUT2D eigenvalue weighted by Gasteiger charge is 2.32. The third-order valence-corrected chi connectivity index (χ3v) is 3.86. The molecule has 126 valence electrons. The molecule has 1 aromatic rings. The average molecular weight is 342 g/mol. The van der Waals surface area contributed by atoms with Crippen LogP contribution in [-0.4, -0.2) is 53.8 Å². The summed E-state index contributed by atoms with van der Waals surface area (Å²) in [6.45, 7) is 4.45. The number of aliphatic carboxylic acids is 1. The van der Waals surface area contributed by atoms with Crippen molar-refractivity contribution < 1.29 is 24.2 Å². The number of morpholine rings is 1. The van der Waals surface area contributed by atoms with Gasteiger partial charge in [-0.15, -0.1) is 0 Å². The molecule has 1 unspecified atom stereocenters. The smallest absolute Gasteiger partial charge is 0.334 e. The molecule has 1 N–H and O–H groups in total. The van der Waals surface area contributed by atoms with Crippen molar-refractivity contribution in [2.75, 3.05) is 19.7 Å². The van der Waals surface area contributed by atoms with E-state index < -0.39 is 12.1 Å². The monoisotopic (exact) mass is 341 g/mol. The molecule has 0 bridgehead atoms. The molecule has 1 heterocycles. The van der Waals surface area contributed by atoms with Gasteiger partial charge in [0.15, 0.2) is 6.10 Å². The maximum Gasteiger partial charge on any atom is 0.334 e. The van der Waals surface area contributed by atoms with Crippen LogP contribution in [0.25, 0.3) is 0 Å². The Labute approximate surface area is 139 Å². The number of halogens is 1. The molecule has 1 aliphatic heterocycles. The first-order valence-corrected chi connectivity index (χ1v) is 7.86. The van der Waals surface area contributed by atoms with Crippen LogP contribution in [0, 0.1) is 0 Å². The van der Waals surface area contributed by atoms with E-state index >= 15 is 0 Å². The number of carboxylic acids is 1. The number of carboxylic acid groups (broad SMARTS) is 1. The van der Waals surface area contributed by atoms with E-state index in [4.69, 9.17) is 26.2 Å². The van der Waals surface area contributed by atoms with Crippen molar-refractivity contribution in [3.05, 3.63) is 28.8 Å². The number of carbonyl (C=O) groups excluding carboxylic acids is 1.